The molecule has 1 aliphatic rings. The highest BCUT2D eigenvalue weighted by Gasteiger charge is 2.32. The predicted molar refractivity (Wildman–Crippen MR) is 77.8 cm³/mol. The minimum atomic E-state index is -3.73. The Bertz CT molecular complexity index is 625. The van der Waals surface area contributed by atoms with Gasteiger partial charge in [0.25, 0.3) is 0 Å². The number of primary sulfonamides is 1. The molecule has 1 saturated carbocycles. The Hall–Kier alpha value is -1.40. The SMILES string of the molecule is Cc1cc(S(N)(=O)=O)cc(C)c1NC(=O)C(C)C1CC1. The number of benzene rings is 1. The number of anilines is 1. The van der Waals surface area contributed by atoms with Crippen molar-refractivity contribution in [3.8, 4) is 0 Å². The van der Waals surface area contributed by atoms with Crippen LogP contribution < -0.4 is 10.5 Å². The van der Waals surface area contributed by atoms with Crippen LogP contribution in [-0.2, 0) is 14.8 Å². The van der Waals surface area contributed by atoms with Crippen molar-refractivity contribution in [3.05, 3.63) is 23.3 Å². The second kappa shape index (κ2) is 5.18. The smallest absolute Gasteiger partial charge is 0.238 e. The molecule has 1 fully saturated rings. The normalized spacial score (nSPS) is 16.8. The summed E-state index contributed by atoms with van der Waals surface area (Å²) in [6, 6.07) is 2.97. The summed E-state index contributed by atoms with van der Waals surface area (Å²) >= 11 is 0. The number of carbonyl (C=O) groups is 1. The van der Waals surface area contributed by atoms with E-state index in [0.29, 0.717) is 22.7 Å². The van der Waals surface area contributed by atoms with Gasteiger partial charge < -0.3 is 5.32 Å². The van der Waals surface area contributed by atoms with Crippen molar-refractivity contribution in [2.45, 2.75) is 38.5 Å². The van der Waals surface area contributed by atoms with Crippen LogP contribution in [0.1, 0.15) is 30.9 Å². The van der Waals surface area contributed by atoms with Crippen LogP contribution in [0.3, 0.4) is 0 Å². The van der Waals surface area contributed by atoms with E-state index in [9.17, 15) is 13.2 Å². The third kappa shape index (κ3) is 3.19. The molecular weight excluding hydrogens is 276 g/mol. The molecule has 0 spiro atoms. The van der Waals surface area contributed by atoms with E-state index in [-0.39, 0.29) is 16.7 Å². The molecule has 3 N–H and O–H groups in total. The van der Waals surface area contributed by atoms with Crippen molar-refractivity contribution >= 4 is 21.6 Å². The summed E-state index contributed by atoms with van der Waals surface area (Å²) in [4.78, 5) is 12.2. The number of rotatable bonds is 4. The number of aryl methyl sites for hydroxylation is 2. The predicted octanol–water partition coefficient (Wildman–Crippen LogP) is 1.94. The molecule has 1 aliphatic carbocycles. The van der Waals surface area contributed by atoms with Gasteiger partial charge in [-0.25, -0.2) is 13.6 Å². The summed E-state index contributed by atoms with van der Waals surface area (Å²) < 4.78 is 22.7. The molecule has 0 saturated heterocycles. The minimum Gasteiger partial charge on any atom is -0.325 e. The number of amides is 1. The molecule has 5 nitrogen and oxygen atoms in total. The molecule has 0 bridgehead atoms. The Morgan fingerprint density at radius 1 is 1.30 bits per heavy atom. The van der Waals surface area contributed by atoms with E-state index in [1.165, 1.54) is 12.1 Å². The van der Waals surface area contributed by atoms with Gasteiger partial charge in [-0.3, -0.25) is 4.79 Å². The first-order chi connectivity index (χ1) is 9.20. The molecule has 20 heavy (non-hydrogen) atoms. The first-order valence-electron chi connectivity index (χ1n) is 6.65. The van der Waals surface area contributed by atoms with E-state index < -0.39 is 10.0 Å². The Morgan fingerprint density at radius 2 is 1.80 bits per heavy atom. The number of nitrogens with one attached hydrogen (secondary N) is 1. The molecular formula is C14H20N2O3S. The summed E-state index contributed by atoms with van der Waals surface area (Å²) in [5, 5.41) is 8.03. The highest BCUT2D eigenvalue weighted by Crippen LogP contribution is 2.37. The van der Waals surface area contributed by atoms with Crippen LogP contribution >= 0.6 is 0 Å². The molecule has 0 aromatic heterocycles. The highest BCUT2D eigenvalue weighted by atomic mass is 32.2. The van der Waals surface area contributed by atoms with Gasteiger partial charge >= 0.3 is 0 Å². The van der Waals surface area contributed by atoms with Gasteiger partial charge in [-0.15, -0.1) is 0 Å². The maximum absolute atomic E-state index is 12.1. The molecule has 1 aromatic rings. The van der Waals surface area contributed by atoms with Crippen LogP contribution in [0, 0.1) is 25.7 Å². The molecule has 6 heteroatoms. The zero-order valence-electron chi connectivity index (χ0n) is 11.9. The van der Waals surface area contributed by atoms with E-state index in [1.807, 2.05) is 6.92 Å². The fourth-order valence-electron chi connectivity index (χ4n) is 2.33. The second-order valence-electron chi connectivity index (χ2n) is 5.59. The number of hydrogen-bond acceptors (Lipinski definition) is 3. The van der Waals surface area contributed by atoms with E-state index in [2.05, 4.69) is 5.32 Å². The number of sulfonamides is 1. The average molecular weight is 296 g/mol. The molecule has 1 amide bonds. The van der Waals surface area contributed by atoms with Crippen molar-refractivity contribution in [1.82, 2.24) is 0 Å². The lowest BCUT2D eigenvalue weighted by atomic mass is 10.0. The molecule has 0 heterocycles. The summed E-state index contributed by atoms with van der Waals surface area (Å²) in [5.41, 5.74) is 2.07. The Labute approximate surface area is 119 Å². The highest BCUT2D eigenvalue weighted by molar-refractivity contribution is 7.89. The van der Waals surface area contributed by atoms with Crippen molar-refractivity contribution in [1.29, 1.82) is 0 Å². The number of hydrogen-bond donors (Lipinski definition) is 2. The van der Waals surface area contributed by atoms with Crippen LogP contribution in [0.4, 0.5) is 5.69 Å². The lowest BCUT2D eigenvalue weighted by Crippen LogP contribution is -2.23. The third-order valence-corrected chi connectivity index (χ3v) is 4.72. The summed E-state index contributed by atoms with van der Waals surface area (Å²) in [6.45, 7) is 5.45. The van der Waals surface area contributed by atoms with E-state index in [1.54, 1.807) is 13.8 Å². The lowest BCUT2D eigenvalue weighted by molar-refractivity contribution is -0.119. The zero-order valence-corrected chi connectivity index (χ0v) is 12.8. The van der Waals surface area contributed by atoms with Gasteiger partial charge in [0, 0.05) is 11.6 Å². The summed E-state index contributed by atoms with van der Waals surface area (Å²) in [5.74, 6) is 0.466. The van der Waals surface area contributed by atoms with Crippen LogP contribution in [0.15, 0.2) is 17.0 Å². The quantitative estimate of drug-likeness (QED) is 0.889. The Kier molecular flexibility index (Phi) is 3.88. The lowest BCUT2D eigenvalue weighted by Gasteiger charge is -2.16. The molecule has 2 rings (SSSR count). The van der Waals surface area contributed by atoms with Gasteiger partial charge in [0.1, 0.15) is 0 Å². The van der Waals surface area contributed by atoms with Gasteiger partial charge in [-0.2, -0.15) is 0 Å². The Morgan fingerprint density at radius 3 is 2.20 bits per heavy atom. The standard InChI is InChI=1S/C14H20N2O3S/c1-8-6-12(20(15,18)19)7-9(2)13(8)16-14(17)10(3)11-4-5-11/h6-7,10-11H,4-5H2,1-3H3,(H,16,17)(H2,15,18,19). The zero-order chi connectivity index (χ0) is 15.1. The fourth-order valence-corrected chi connectivity index (χ4v) is 3.01. The van der Waals surface area contributed by atoms with E-state index >= 15 is 0 Å². The van der Waals surface area contributed by atoms with Gasteiger partial charge in [-0.05, 0) is 55.9 Å². The molecule has 1 atom stereocenters. The largest absolute Gasteiger partial charge is 0.325 e. The maximum Gasteiger partial charge on any atom is 0.238 e. The van der Waals surface area contributed by atoms with Gasteiger partial charge in [0.2, 0.25) is 15.9 Å². The van der Waals surface area contributed by atoms with Crippen molar-refractivity contribution in [2.75, 3.05) is 5.32 Å². The maximum atomic E-state index is 12.1. The molecule has 0 aliphatic heterocycles. The minimum absolute atomic E-state index is 0.00767. The Balaban J connectivity index is 2.26. The number of nitrogens with two attached hydrogens (primary N) is 1. The van der Waals surface area contributed by atoms with Crippen molar-refractivity contribution < 1.29 is 13.2 Å². The summed E-state index contributed by atoms with van der Waals surface area (Å²) in [6.07, 6.45) is 2.22. The molecule has 0 radical (unpaired) electrons. The van der Waals surface area contributed by atoms with Gasteiger partial charge in [0.05, 0.1) is 4.90 Å². The van der Waals surface area contributed by atoms with Crippen LogP contribution in [0.25, 0.3) is 0 Å². The van der Waals surface area contributed by atoms with E-state index in [4.69, 9.17) is 5.14 Å². The average Bonchev–Trinajstić information content (AvgIpc) is 3.15. The first-order valence-corrected chi connectivity index (χ1v) is 8.19. The van der Waals surface area contributed by atoms with Crippen LogP contribution in [-0.4, -0.2) is 14.3 Å². The van der Waals surface area contributed by atoms with E-state index in [0.717, 1.165) is 12.8 Å². The van der Waals surface area contributed by atoms with Crippen LogP contribution in [0.2, 0.25) is 0 Å². The molecule has 1 aromatic carbocycles. The van der Waals surface area contributed by atoms with Crippen molar-refractivity contribution in [3.63, 3.8) is 0 Å². The third-order valence-electron chi connectivity index (χ3n) is 3.83. The topological polar surface area (TPSA) is 89.3 Å². The van der Waals surface area contributed by atoms with Gasteiger partial charge in [-0.1, -0.05) is 6.92 Å². The monoisotopic (exact) mass is 296 g/mol. The van der Waals surface area contributed by atoms with Crippen molar-refractivity contribution in [2.24, 2.45) is 17.0 Å². The molecule has 110 valence electrons. The molecule has 1 unspecified atom stereocenters. The second-order valence-corrected chi connectivity index (χ2v) is 7.15. The van der Waals surface area contributed by atoms with Gasteiger partial charge in [0.15, 0.2) is 0 Å². The fraction of sp³-hybridized carbons (Fsp3) is 0.500. The first kappa shape index (κ1) is 15.0. The number of carbonyl (C=O) groups excluding carboxylic acids is 1. The summed E-state index contributed by atoms with van der Waals surface area (Å²) in [7, 11) is -3.73. The van der Waals surface area contributed by atoms with Crippen LogP contribution in [0.5, 0.6) is 0 Å².